The predicted molar refractivity (Wildman–Crippen MR) is 79.9 cm³/mol. The Kier molecular flexibility index (Phi) is 3.99. The van der Waals surface area contributed by atoms with E-state index < -0.39 is 48.0 Å². The van der Waals surface area contributed by atoms with E-state index in [1.807, 2.05) is 0 Å². The fourth-order valence-corrected chi connectivity index (χ4v) is 2.67. The highest BCUT2D eigenvalue weighted by atomic mass is 19.4. The van der Waals surface area contributed by atoms with Gasteiger partial charge in [-0.2, -0.15) is 13.2 Å². The summed E-state index contributed by atoms with van der Waals surface area (Å²) in [6.45, 7) is -0.201. The molecule has 26 heavy (non-hydrogen) atoms. The maximum absolute atomic E-state index is 14.4. The number of fused-ring (bicyclic) bond motifs is 1. The second kappa shape index (κ2) is 5.81. The standard InChI is InChI=1S/C13H12F4N6O3/c14-5-1-6-8(22(18)11(25)4-20-6)2-7(5)21-10(24)3-9(13(15,16)17)23(19)12(21)26/h1-2,9,20H,3-4,18-19H2. The number of hydrogen-bond acceptors (Lipinski definition) is 6. The lowest BCUT2D eigenvalue weighted by molar-refractivity contribution is -0.182. The van der Waals surface area contributed by atoms with Crippen LogP contribution in [0, 0.1) is 5.82 Å². The van der Waals surface area contributed by atoms with Crippen molar-refractivity contribution < 1.29 is 31.9 Å². The number of halogens is 4. The van der Waals surface area contributed by atoms with Crippen LogP contribution < -0.4 is 26.9 Å². The maximum Gasteiger partial charge on any atom is 0.410 e. The molecule has 0 saturated carbocycles. The van der Waals surface area contributed by atoms with Crippen molar-refractivity contribution in [2.24, 2.45) is 11.7 Å². The van der Waals surface area contributed by atoms with E-state index >= 15 is 0 Å². The predicted octanol–water partition coefficient (Wildman–Crippen LogP) is 0.421. The summed E-state index contributed by atoms with van der Waals surface area (Å²) in [5.74, 6) is 7.79. The molecular weight excluding hydrogens is 364 g/mol. The first-order valence-corrected chi connectivity index (χ1v) is 7.15. The smallest absolute Gasteiger partial charge is 0.374 e. The second-order valence-electron chi connectivity index (χ2n) is 5.62. The molecule has 1 saturated heterocycles. The van der Waals surface area contributed by atoms with Crippen molar-refractivity contribution in [2.75, 3.05) is 21.8 Å². The number of benzene rings is 1. The number of urea groups is 1. The molecule has 13 heteroatoms. The zero-order valence-corrected chi connectivity index (χ0v) is 12.9. The van der Waals surface area contributed by atoms with Crippen molar-refractivity contribution in [3.63, 3.8) is 0 Å². The number of imide groups is 1. The fraction of sp³-hybridized carbons (Fsp3) is 0.308. The summed E-state index contributed by atoms with van der Waals surface area (Å²) in [7, 11) is 0. The molecule has 1 aromatic carbocycles. The van der Waals surface area contributed by atoms with Gasteiger partial charge in [-0.1, -0.05) is 0 Å². The first-order valence-electron chi connectivity index (χ1n) is 7.15. The highest BCUT2D eigenvalue weighted by Crippen LogP contribution is 2.37. The summed E-state index contributed by atoms with van der Waals surface area (Å²) in [6.07, 6.45) is -6.10. The van der Waals surface area contributed by atoms with Crippen LogP contribution in [0.3, 0.4) is 0 Å². The van der Waals surface area contributed by atoms with Crippen molar-refractivity contribution in [3.8, 4) is 0 Å². The number of nitrogens with two attached hydrogens (primary N) is 2. The van der Waals surface area contributed by atoms with Gasteiger partial charge in [0.25, 0.3) is 5.91 Å². The molecule has 9 nitrogen and oxygen atoms in total. The molecule has 0 aliphatic carbocycles. The van der Waals surface area contributed by atoms with Crippen LogP contribution >= 0.6 is 0 Å². The van der Waals surface area contributed by atoms with E-state index in [0.717, 1.165) is 12.1 Å². The van der Waals surface area contributed by atoms with Crippen LogP contribution in [0.25, 0.3) is 0 Å². The van der Waals surface area contributed by atoms with Gasteiger partial charge >= 0.3 is 12.2 Å². The minimum atomic E-state index is -4.93. The lowest BCUT2D eigenvalue weighted by Gasteiger charge is -2.38. The molecule has 0 bridgehead atoms. The first-order chi connectivity index (χ1) is 12.0. The minimum Gasteiger partial charge on any atom is -0.374 e. The SMILES string of the molecule is NN1C(=O)CNc2cc(F)c(N3C(=O)CC(C(F)(F)F)N(N)C3=O)cc21. The summed E-state index contributed by atoms with van der Waals surface area (Å²) in [4.78, 5) is 36.1. The summed E-state index contributed by atoms with van der Waals surface area (Å²) in [5.41, 5.74) is -0.607. The Hall–Kier alpha value is -2.93. The molecule has 0 aromatic heterocycles. The first kappa shape index (κ1) is 17.9. The quantitative estimate of drug-likeness (QED) is 0.371. The molecule has 2 heterocycles. The van der Waals surface area contributed by atoms with E-state index in [4.69, 9.17) is 11.7 Å². The van der Waals surface area contributed by atoms with Crippen LogP contribution in [0.15, 0.2) is 12.1 Å². The number of hydrogen-bond donors (Lipinski definition) is 3. The van der Waals surface area contributed by atoms with Crippen LogP contribution in [0.1, 0.15) is 6.42 Å². The number of hydrazine groups is 2. The fourth-order valence-electron chi connectivity index (χ4n) is 2.67. The molecule has 2 aliphatic heterocycles. The van der Waals surface area contributed by atoms with Gasteiger partial charge in [-0.15, -0.1) is 0 Å². The van der Waals surface area contributed by atoms with Crippen LogP contribution in [0.2, 0.25) is 0 Å². The van der Waals surface area contributed by atoms with Crippen molar-refractivity contribution in [2.45, 2.75) is 18.6 Å². The molecule has 5 N–H and O–H groups in total. The van der Waals surface area contributed by atoms with Gasteiger partial charge in [-0.05, 0) is 6.07 Å². The lowest BCUT2D eigenvalue weighted by Crippen LogP contribution is -2.64. The third-order valence-corrected chi connectivity index (χ3v) is 4.01. The van der Waals surface area contributed by atoms with Crippen LogP contribution in [-0.4, -0.2) is 41.6 Å². The molecule has 1 atom stereocenters. The van der Waals surface area contributed by atoms with Gasteiger partial charge < -0.3 is 5.32 Å². The minimum absolute atomic E-state index is 0.0558. The van der Waals surface area contributed by atoms with E-state index in [0.29, 0.717) is 5.01 Å². The number of carbonyl (C=O) groups excluding carboxylic acids is 3. The molecule has 3 rings (SSSR count). The average Bonchev–Trinajstić information content (AvgIpc) is 2.54. The number of nitrogens with zero attached hydrogens (tertiary/aromatic N) is 3. The molecule has 0 spiro atoms. The summed E-state index contributed by atoms with van der Waals surface area (Å²) >= 11 is 0. The number of rotatable bonds is 1. The Balaban J connectivity index is 2.03. The third kappa shape index (κ3) is 2.70. The third-order valence-electron chi connectivity index (χ3n) is 4.01. The summed E-state index contributed by atoms with van der Waals surface area (Å²) < 4.78 is 53.0. The lowest BCUT2D eigenvalue weighted by atomic mass is 10.1. The van der Waals surface area contributed by atoms with Crippen molar-refractivity contribution in [1.82, 2.24) is 5.01 Å². The van der Waals surface area contributed by atoms with Crippen LogP contribution in [0.4, 0.5) is 39.4 Å². The molecule has 4 amide bonds. The largest absolute Gasteiger partial charge is 0.410 e. The van der Waals surface area contributed by atoms with Gasteiger partial charge in [0.15, 0.2) is 6.04 Å². The van der Waals surface area contributed by atoms with E-state index in [9.17, 15) is 31.9 Å². The Morgan fingerprint density at radius 2 is 1.73 bits per heavy atom. The molecular formula is C13H12F4N6O3. The monoisotopic (exact) mass is 376 g/mol. The van der Waals surface area contributed by atoms with Crippen molar-refractivity contribution in [1.29, 1.82) is 0 Å². The van der Waals surface area contributed by atoms with Gasteiger partial charge in [0.05, 0.1) is 30.0 Å². The second-order valence-corrected chi connectivity index (χ2v) is 5.62. The summed E-state index contributed by atoms with van der Waals surface area (Å²) in [5, 5.41) is 3.08. The van der Waals surface area contributed by atoms with E-state index in [1.165, 1.54) is 0 Å². The molecule has 2 aliphatic rings. The highest BCUT2D eigenvalue weighted by Gasteiger charge is 2.52. The van der Waals surface area contributed by atoms with Gasteiger partial charge in [0.2, 0.25) is 5.91 Å². The highest BCUT2D eigenvalue weighted by molar-refractivity contribution is 6.17. The van der Waals surface area contributed by atoms with Crippen molar-refractivity contribution >= 4 is 34.9 Å². The number of amides is 4. The van der Waals surface area contributed by atoms with Gasteiger partial charge in [-0.3, -0.25) is 9.59 Å². The van der Waals surface area contributed by atoms with E-state index in [2.05, 4.69) is 5.32 Å². The number of alkyl halides is 3. The molecule has 140 valence electrons. The van der Waals surface area contributed by atoms with Gasteiger partial charge in [-0.25, -0.2) is 35.8 Å². The number of nitrogens with one attached hydrogen (secondary N) is 1. The van der Waals surface area contributed by atoms with Crippen LogP contribution in [-0.2, 0) is 9.59 Å². The zero-order valence-electron chi connectivity index (χ0n) is 12.9. The topological polar surface area (TPSA) is 125 Å². The van der Waals surface area contributed by atoms with E-state index in [-0.39, 0.29) is 27.8 Å². The van der Waals surface area contributed by atoms with Crippen LogP contribution in [0.5, 0.6) is 0 Å². The Labute approximate surface area is 143 Å². The molecule has 1 unspecified atom stereocenters. The van der Waals surface area contributed by atoms with Gasteiger partial charge in [0.1, 0.15) is 5.82 Å². The molecule has 0 radical (unpaired) electrons. The average molecular weight is 376 g/mol. The maximum atomic E-state index is 14.4. The Bertz CT molecular complexity index is 814. The van der Waals surface area contributed by atoms with Gasteiger partial charge in [0, 0.05) is 6.07 Å². The number of anilines is 3. The zero-order chi connectivity index (χ0) is 19.4. The number of carbonyl (C=O) groups is 3. The summed E-state index contributed by atoms with van der Waals surface area (Å²) in [6, 6.07) is -2.30. The molecule has 1 aromatic rings. The van der Waals surface area contributed by atoms with E-state index in [1.54, 1.807) is 0 Å². The Morgan fingerprint density at radius 3 is 2.35 bits per heavy atom. The van der Waals surface area contributed by atoms with Crippen molar-refractivity contribution in [3.05, 3.63) is 17.9 Å². The Morgan fingerprint density at radius 1 is 1.08 bits per heavy atom. The normalized spacial score (nSPS) is 21.1. The molecule has 1 fully saturated rings.